The van der Waals surface area contributed by atoms with Crippen molar-refractivity contribution in [2.75, 3.05) is 22.6 Å². The van der Waals surface area contributed by atoms with Gasteiger partial charge in [-0.05, 0) is 36.6 Å². The van der Waals surface area contributed by atoms with E-state index in [1.807, 2.05) is 12.1 Å². The van der Waals surface area contributed by atoms with Crippen molar-refractivity contribution in [3.8, 4) is 6.07 Å². The van der Waals surface area contributed by atoms with Gasteiger partial charge >= 0.3 is 0 Å². The number of rotatable bonds is 3. The van der Waals surface area contributed by atoms with Gasteiger partial charge in [0.15, 0.2) is 9.84 Å². The first kappa shape index (κ1) is 13.7. The average molecular weight is 279 g/mol. The maximum atomic E-state index is 11.6. The van der Waals surface area contributed by atoms with Crippen molar-refractivity contribution in [3.63, 3.8) is 0 Å². The smallest absolute Gasteiger partial charge is 0.152 e. The van der Waals surface area contributed by atoms with Crippen molar-refractivity contribution in [2.45, 2.75) is 25.3 Å². The lowest BCUT2D eigenvalue weighted by Crippen LogP contribution is -2.34. The molecule has 0 aliphatic carbocycles. The number of anilines is 2. The largest absolute Gasteiger partial charge is 0.398 e. The van der Waals surface area contributed by atoms with Crippen molar-refractivity contribution < 1.29 is 8.42 Å². The predicted octanol–water partition coefficient (Wildman–Crippen LogP) is 1.32. The minimum Gasteiger partial charge on any atom is -0.398 e. The molecule has 6 heteroatoms. The molecule has 1 heterocycles. The summed E-state index contributed by atoms with van der Waals surface area (Å²) >= 11 is 0. The topological polar surface area (TPSA) is 96.0 Å². The second-order valence-electron chi connectivity index (χ2n) is 4.85. The molecule has 102 valence electrons. The molecule has 0 radical (unpaired) electrons. The summed E-state index contributed by atoms with van der Waals surface area (Å²) in [5.41, 5.74) is 7.95. The van der Waals surface area contributed by atoms with Crippen molar-refractivity contribution in [1.29, 1.82) is 5.26 Å². The van der Waals surface area contributed by atoms with Crippen LogP contribution in [0.4, 0.5) is 11.4 Å². The van der Waals surface area contributed by atoms with Gasteiger partial charge in [0.1, 0.15) is 0 Å². The van der Waals surface area contributed by atoms with E-state index >= 15 is 0 Å². The fraction of sp³-hybridized carbons (Fsp3) is 0.462. The predicted molar refractivity (Wildman–Crippen MR) is 75.5 cm³/mol. The molecule has 1 aromatic carbocycles. The maximum Gasteiger partial charge on any atom is 0.152 e. The molecule has 1 aromatic rings. The third-order valence-electron chi connectivity index (χ3n) is 3.25. The van der Waals surface area contributed by atoms with Crippen LogP contribution in [0.3, 0.4) is 0 Å². The Balaban J connectivity index is 2.11. The van der Waals surface area contributed by atoms with Gasteiger partial charge in [0, 0.05) is 17.4 Å². The molecule has 0 bridgehead atoms. The molecule has 0 amide bonds. The molecule has 0 saturated carbocycles. The van der Waals surface area contributed by atoms with E-state index in [4.69, 9.17) is 11.0 Å². The van der Waals surface area contributed by atoms with E-state index in [-0.39, 0.29) is 24.0 Å². The fourth-order valence-corrected chi connectivity index (χ4v) is 3.94. The van der Waals surface area contributed by atoms with E-state index in [1.54, 1.807) is 6.07 Å². The normalized spacial score (nSPS) is 21.5. The zero-order valence-electron chi connectivity index (χ0n) is 10.6. The summed E-state index contributed by atoms with van der Waals surface area (Å²) in [4.78, 5) is 0. The van der Waals surface area contributed by atoms with Crippen LogP contribution < -0.4 is 11.1 Å². The first-order valence-corrected chi connectivity index (χ1v) is 8.04. The van der Waals surface area contributed by atoms with Crippen LogP contribution in [-0.4, -0.2) is 26.0 Å². The Morgan fingerprint density at radius 3 is 2.95 bits per heavy atom. The Labute approximate surface area is 113 Å². The van der Waals surface area contributed by atoms with E-state index < -0.39 is 9.84 Å². The lowest BCUT2D eigenvalue weighted by atomic mass is 10.1. The Bertz CT molecular complexity index is 605. The Morgan fingerprint density at radius 1 is 1.47 bits per heavy atom. The number of sulfone groups is 1. The molecule has 19 heavy (non-hydrogen) atoms. The minimum absolute atomic E-state index is 0.0580. The van der Waals surface area contributed by atoms with Crippen LogP contribution in [0.5, 0.6) is 0 Å². The maximum absolute atomic E-state index is 11.6. The molecule has 1 aliphatic heterocycles. The number of nitrogen functional groups attached to an aromatic ring is 1. The van der Waals surface area contributed by atoms with E-state index in [9.17, 15) is 8.42 Å². The lowest BCUT2D eigenvalue weighted by molar-refractivity contribution is 0.562. The standard InChI is InChI=1S/C13H17N3O2S/c14-6-5-10-8-11(3-4-13(10)15)16-12-2-1-7-19(17,18)9-12/h3-4,8,12,16H,1-2,5,7,9,15H2. The summed E-state index contributed by atoms with van der Waals surface area (Å²) in [7, 11) is -2.92. The summed E-state index contributed by atoms with van der Waals surface area (Å²) in [6.07, 6.45) is 1.79. The highest BCUT2D eigenvalue weighted by Gasteiger charge is 2.24. The van der Waals surface area contributed by atoms with Crippen LogP contribution in [0, 0.1) is 11.3 Å². The lowest BCUT2D eigenvalue weighted by Gasteiger charge is -2.24. The SMILES string of the molecule is N#CCc1cc(NC2CCCS(=O)(=O)C2)ccc1N. The Kier molecular flexibility index (Phi) is 3.96. The Morgan fingerprint density at radius 2 is 2.26 bits per heavy atom. The summed E-state index contributed by atoms with van der Waals surface area (Å²) in [5, 5.41) is 11.9. The number of nitrogens with zero attached hydrogens (tertiary/aromatic N) is 1. The monoisotopic (exact) mass is 279 g/mol. The number of hydrogen-bond donors (Lipinski definition) is 2. The quantitative estimate of drug-likeness (QED) is 0.814. The summed E-state index contributed by atoms with van der Waals surface area (Å²) in [6.45, 7) is 0. The highest BCUT2D eigenvalue weighted by Crippen LogP contribution is 2.21. The van der Waals surface area contributed by atoms with Gasteiger partial charge in [0.05, 0.1) is 24.0 Å². The fourth-order valence-electron chi connectivity index (χ4n) is 2.31. The first-order valence-electron chi connectivity index (χ1n) is 6.22. The minimum atomic E-state index is -2.92. The van der Waals surface area contributed by atoms with Crippen molar-refractivity contribution in [2.24, 2.45) is 0 Å². The van der Waals surface area contributed by atoms with Crippen molar-refractivity contribution >= 4 is 21.2 Å². The van der Waals surface area contributed by atoms with Gasteiger partial charge in [-0.1, -0.05) is 0 Å². The molecule has 1 unspecified atom stereocenters. The molecule has 2 rings (SSSR count). The van der Waals surface area contributed by atoms with Gasteiger partial charge < -0.3 is 11.1 Å². The van der Waals surface area contributed by atoms with Gasteiger partial charge in [-0.15, -0.1) is 0 Å². The highest BCUT2D eigenvalue weighted by atomic mass is 32.2. The van der Waals surface area contributed by atoms with Crippen molar-refractivity contribution in [1.82, 2.24) is 0 Å². The summed E-state index contributed by atoms with van der Waals surface area (Å²) < 4.78 is 23.1. The van der Waals surface area contributed by atoms with Crippen LogP contribution >= 0.6 is 0 Å². The second kappa shape index (κ2) is 5.49. The van der Waals surface area contributed by atoms with E-state index in [0.717, 1.165) is 17.7 Å². The van der Waals surface area contributed by atoms with Gasteiger partial charge in [0.2, 0.25) is 0 Å². The molecule has 3 N–H and O–H groups in total. The molecular weight excluding hydrogens is 262 g/mol. The van der Waals surface area contributed by atoms with Crippen molar-refractivity contribution in [3.05, 3.63) is 23.8 Å². The molecule has 1 saturated heterocycles. The zero-order valence-corrected chi connectivity index (χ0v) is 11.4. The highest BCUT2D eigenvalue weighted by molar-refractivity contribution is 7.91. The van der Waals surface area contributed by atoms with Gasteiger partial charge in [-0.25, -0.2) is 8.42 Å². The van der Waals surface area contributed by atoms with E-state index in [2.05, 4.69) is 11.4 Å². The van der Waals surface area contributed by atoms with Crippen LogP contribution in [0.2, 0.25) is 0 Å². The summed E-state index contributed by atoms with van der Waals surface area (Å²) in [5.74, 6) is 0.456. The molecule has 0 spiro atoms. The van der Waals surface area contributed by atoms with E-state index in [1.165, 1.54) is 0 Å². The van der Waals surface area contributed by atoms with Crippen LogP contribution in [0.1, 0.15) is 18.4 Å². The van der Waals surface area contributed by atoms with Crippen LogP contribution in [0.25, 0.3) is 0 Å². The molecule has 1 fully saturated rings. The van der Waals surface area contributed by atoms with Gasteiger partial charge in [0.25, 0.3) is 0 Å². The van der Waals surface area contributed by atoms with Gasteiger partial charge in [-0.2, -0.15) is 5.26 Å². The molecular formula is C13H17N3O2S. The molecule has 1 aliphatic rings. The molecule has 1 atom stereocenters. The van der Waals surface area contributed by atoms with Crippen LogP contribution in [0.15, 0.2) is 18.2 Å². The number of nitriles is 1. The number of benzene rings is 1. The third-order valence-corrected chi connectivity index (χ3v) is 5.07. The number of nitrogens with one attached hydrogen (secondary N) is 1. The summed E-state index contributed by atoms with van der Waals surface area (Å²) in [6, 6.07) is 7.39. The Hall–Kier alpha value is -1.74. The average Bonchev–Trinajstić information content (AvgIpc) is 2.32. The zero-order chi connectivity index (χ0) is 13.9. The molecule has 5 nitrogen and oxygen atoms in total. The first-order chi connectivity index (χ1) is 9.00. The van der Waals surface area contributed by atoms with Crippen LogP contribution in [-0.2, 0) is 16.3 Å². The van der Waals surface area contributed by atoms with E-state index in [0.29, 0.717) is 12.1 Å². The molecule has 0 aromatic heterocycles. The number of nitrogens with two attached hydrogens (primary N) is 1. The third kappa shape index (κ3) is 3.61. The second-order valence-corrected chi connectivity index (χ2v) is 7.08. The number of hydrogen-bond acceptors (Lipinski definition) is 5. The van der Waals surface area contributed by atoms with Gasteiger partial charge in [-0.3, -0.25) is 0 Å².